The average molecular weight is 411 g/mol. The highest BCUT2D eigenvalue weighted by atomic mass is 16.2. The van der Waals surface area contributed by atoms with Crippen LogP contribution in [0.15, 0.2) is 71.9 Å². The zero-order valence-corrected chi connectivity index (χ0v) is 17.2. The molecule has 0 aliphatic rings. The number of aromatic amines is 1. The number of hydrogen-bond donors (Lipinski definition) is 2. The summed E-state index contributed by atoms with van der Waals surface area (Å²) in [5, 5.41) is 2.79. The third-order valence-corrected chi connectivity index (χ3v) is 4.88. The highest BCUT2D eigenvalue weighted by molar-refractivity contribution is 5.93. The Morgan fingerprint density at radius 2 is 1.71 bits per heavy atom. The van der Waals surface area contributed by atoms with E-state index < -0.39 is 11.5 Å². The molecule has 0 fully saturated rings. The fraction of sp³-hybridized carbons (Fsp3) is 0.125. The Bertz CT molecular complexity index is 1280. The van der Waals surface area contributed by atoms with Gasteiger partial charge < -0.3 is 10.3 Å². The van der Waals surface area contributed by atoms with E-state index in [2.05, 4.69) is 25.3 Å². The lowest BCUT2D eigenvalue weighted by molar-refractivity contribution is 0.0949. The van der Waals surface area contributed by atoms with Crippen molar-refractivity contribution in [3.05, 3.63) is 100 Å². The van der Waals surface area contributed by atoms with Crippen molar-refractivity contribution in [3.8, 4) is 22.4 Å². The Morgan fingerprint density at radius 3 is 2.42 bits per heavy atom. The van der Waals surface area contributed by atoms with Crippen molar-refractivity contribution in [2.75, 3.05) is 0 Å². The maximum absolute atomic E-state index is 12.3. The van der Waals surface area contributed by atoms with E-state index in [9.17, 15) is 9.59 Å². The van der Waals surface area contributed by atoms with Crippen LogP contribution in [-0.4, -0.2) is 25.8 Å². The molecule has 0 aliphatic heterocycles. The van der Waals surface area contributed by atoms with Crippen LogP contribution in [0.3, 0.4) is 0 Å². The summed E-state index contributed by atoms with van der Waals surface area (Å²) in [6, 6.07) is 14.9. The van der Waals surface area contributed by atoms with Crippen LogP contribution >= 0.6 is 0 Å². The van der Waals surface area contributed by atoms with Gasteiger partial charge in [0.25, 0.3) is 11.5 Å². The van der Waals surface area contributed by atoms with Crippen LogP contribution in [0.25, 0.3) is 22.4 Å². The number of aryl methyl sites for hydroxylation is 2. The molecule has 0 radical (unpaired) electrons. The first kappa shape index (κ1) is 20.2. The molecule has 1 aromatic carbocycles. The van der Waals surface area contributed by atoms with Gasteiger partial charge in [-0.25, -0.2) is 9.97 Å². The van der Waals surface area contributed by atoms with Crippen LogP contribution in [0.1, 0.15) is 27.4 Å². The third kappa shape index (κ3) is 4.56. The number of rotatable bonds is 5. The van der Waals surface area contributed by atoms with Gasteiger partial charge in [0.2, 0.25) is 0 Å². The number of hydrogen-bond acceptors (Lipinski definition) is 5. The molecular weight excluding hydrogens is 390 g/mol. The monoisotopic (exact) mass is 411 g/mol. The molecule has 31 heavy (non-hydrogen) atoms. The summed E-state index contributed by atoms with van der Waals surface area (Å²) in [5.74, 6) is 0.282. The molecule has 3 heterocycles. The Hall–Kier alpha value is -4.13. The van der Waals surface area contributed by atoms with Gasteiger partial charge in [-0.2, -0.15) is 0 Å². The van der Waals surface area contributed by atoms with E-state index in [0.29, 0.717) is 18.1 Å². The zero-order chi connectivity index (χ0) is 21.8. The first-order valence-corrected chi connectivity index (χ1v) is 9.83. The highest BCUT2D eigenvalue weighted by Gasteiger charge is 2.12. The maximum Gasteiger partial charge on any atom is 0.260 e. The van der Waals surface area contributed by atoms with Crippen molar-refractivity contribution in [3.63, 3.8) is 0 Å². The lowest BCUT2D eigenvalue weighted by Gasteiger charge is -2.11. The first-order chi connectivity index (χ1) is 15.0. The third-order valence-electron chi connectivity index (χ3n) is 4.88. The summed E-state index contributed by atoms with van der Waals surface area (Å²) >= 11 is 0. The van der Waals surface area contributed by atoms with E-state index >= 15 is 0 Å². The highest BCUT2D eigenvalue weighted by Crippen LogP contribution is 2.29. The van der Waals surface area contributed by atoms with Gasteiger partial charge in [-0.15, -0.1) is 0 Å². The smallest absolute Gasteiger partial charge is 0.260 e. The number of nitrogens with one attached hydrogen (secondary N) is 2. The van der Waals surface area contributed by atoms with E-state index in [-0.39, 0.29) is 5.56 Å². The average Bonchev–Trinajstić information content (AvgIpc) is 2.78. The summed E-state index contributed by atoms with van der Waals surface area (Å²) in [5.41, 5.74) is 5.02. The molecular formula is C24H21N5O2. The lowest BCUT2D eigenvalue weighted by Crippen LogP contribution is -2.29. The number of carbonyl (C=O) groups excluding carboxylic acids is 1. The Morgan fingerprint density at radius 1 is 0.968 bits per heavy atom. The topological polar surface area (TPSA) is 101 Å². The fourth-order valence-corrected chi connectivity index (χ4v) is 3.24. The maximum atomic E-state index is 12.3. The lowest BCUT2D eigenvalue weighted by atomic mass is 10.0. The molecule has 1 amide bonds. The SMILES string of the molecule is Cc1ncc(-c2ccncc2)c(-c2ccc(CNC(=O)c3ccc(C)[nH]c3=O)cc2)n1. The normalized spacial score (nSPS) is 10.6. The van der Waals surface area contributed by atoms with Gasteiger partial charge in [-0.3, -0.25) is 14.6 Å². The number of H-pyrrole nitrogens is 1. The van der Waals surface area contributed by atoms with Crippen molar-refractivity contribution in [1.29, 1.82) is 0 Å². The largest absolute Gasteiger partial charge is 0.348 e. The Labute approximate surface area is 179 Å². The molecule has 2 N–H and O–H groups in total. The summed E-state index contributed by atoms with van der Waals surface area (Å²) in [4.78, 5) is 40.0. The molecule has 7 nitrogen and oxygen atoms in total. The predicted octanol–water partition coefficient (Wildman–Crippen LogP) is 3.44. The van der Waals surface area contributed by atoms with Gasteiger partial charge in [-0.1, -0.05) is 24.3 Å². The number of aromatic nitrogens is 4. The van der Waals surface area contributed by atoms with E-state index in [1.54, 1.807) is 25.4 Å². The van der Waals surface area contributed by atoms with Gasteiger partial charge >= 0.3 is 0 Å². The number of nitrogens with zero attached hydrogens (tertiary/aromatic N) is 3. The van der Waals surface area contributed by atoms with E-state index in [4.69, 9.17) is 0 Å². The molecule has 0 atom stereocenters. The molecule has 4 rings (SSSR count). The van der Waals surface area contributed by atoms with Gasteiger partial charge in [0.15, 0.2) is 0 Å². The predicted molar refractivity (Wildman–Crippen MR) is 118 cm³/mol. The molecule has 3 aromatic heterocycles. The first-order valence-electron chi connectivity index (χ1n) is 9.83. The second-order valence-corrected chi connectivity index (χ2v) is 7.18. The van der Waals surface area contributed by atoms with Gasteiger partial charge in [0.05, 0.1) is 5.69 Å². The van der Waals surface area contributed by atoms with Gasteiger partial charge in [0, 0.05) is 42.0 Å². The van der Waals surface area contributed by atoms with Crippen LogP contribution in [-0.2, 0) is 6.54 Å². The van der Waals surface area contributed by atoms with Crippen molar-refractivity contribution in [2.45, 2.75) is 20.4 Å². The molecule has 7 heteroatoms. The van der Waals surface area contributed by atoms with Crippen LogP contribution in [0.4, 0.5) is 0 Å². The van der Waals surface area contributed by atoms with E-state index in [1.807, 2.05) is 49.5 Å². The van der Waals surface area contributed by atoms with Crippen molar-refractivity contribution >= 4 is 5.91 Å². The zero-order valence-electron chi connectivity index (χ0n) is 17.2. The molecule has 154 valence electrons. The van der Waals surface area contributed by atoms with Crippen molar-refractivity contribution in [1.82, 2.24) is 25.3 Å². The van der Waals surface area contributed by atoms with Crippen molar-refractivity contribution in [2.24, 2.45) is 0 Å². The molecule has 0 saturated carbocycles. The molecule has 0 aliphatic carbocycles. The Balaban J connectivity index is 1.53. The van der Waals surface area contributed by atoms with E-state index in [1.165, 1.54) is 6.07 Å². The number of carbonyl (C=O) groups is 1. The van der Waals surface area contributed by atoms with E-state index in [0.717, 1.165) is 27.9 Å². The van der Waals surface area contributed by atoms with Gasteiger partial charge in [0.1, 0.15) is 11.4 Å². The van der Waals surface area contributed by atoms with Crippen LogP contribution in [0, 0.1) is 13.8 Å². The minimum atomic E-state index is -0.406. The molecule has 0 spiro atoms. The summed E-state index contributed by atoms with van der Waals surface area (Å²) in [7, 11) is 0. The number of benzene rings is 1. The minimum Gasteiger partial charge on any atom is -0.348 e. The Kier molecular flexibility index (Phi) is 5.66. The van der Waals surface area contributed by atoms with Gasteiger partial charge in [-0.05, 0) is 49.2 Å². The minimum absolute atomic E-state index is 0.0978. The summed E-state index contributed by atoms with van der Waals surface area (Å²) in [6.45, 7) is 3.94. The summed E-state index contributed by atoms with van der Waals surface area (Å²) < 4.78 is 0. The molecule has 4 aromatic rings. The standard InChI is InChI=1S/C24H21N5O2/c1-15-3-8-20(24(31)28-15)23(30)27-13-17-4-6-19(7-5-17)22-21(14-26-16(2)29-22)18-9-11-25-12-10-18/h3-12,14H,13H2,1-2H3,(H,27,30)(H,28,31). The van der Waals surface area contributed by atoms with Crippen LogP contribution < -0.4 is 10.9 Å². The second-order valence-electron chi connectivity index (χ2n) is 7.18. The summed E-state index contributed by atoms with van der Waals surface area (Å²) in [6.07, 6.45) is 5.30. The second kappa shape index (κ2) is 8.71. The molecule has 0 bridgehead atoms. The quantitative estimate of drug-likeness (QED) is 0.524. The molecule has 0 saturated heterocycles. The van der Waals surface area contributed by atoms with Crippen LogP contribution in [0.5, 0.6) is 0 Å². The van der Waals surface area contributed by atoms with Crippen LogP contribution in [0.2, 0.25) is 0 Å². The number of amides is 1. The molecule has 0 unspecified atom stereocenters. The van der Waals surface area contributed by atoms with Crippen molar-refractivity contribution < 1.29 is 4.79 Å². The number of pyridine rings is 2. The fourth-order valence-electron chi connectivity index (χ4n) is 3.24.